The zero-order valence-corrected chi connectivity index (χ0v) is 13.1. The van der Waals surface area contributed by atoms with Gasteiger partial charge in [-0.15, -0.1) is 0 Å². The van der Waals surface area contributed by atoms with Gasteiger partial charge in [-0.3, -0.25) is 4.79 Å². The number of thioether (sulfide) groups is 1. The maximum absolute atomic E-state index is 12.9. The third kappa shape index (κ3) is 3.86. The fraction of sp³-hybridized carbons (Fsp3) is 0.188. The third-order valence-corrected chi connectivity index (χ3v) is 4.37. The number of carboxylic acids is 1. The number of nitrogens with zero attached hydrogens (tertiary/aromatic N) is 2. The van der Waals surface area contributed by atoms with E-state index in [0.717, 1.165) is 6.07 Å². The second-order valence-electron chi connectivity index (χ2n) is 4.86. The van der Waals surface area contributed by atoms with E-state index < -0.39 is 23.1 Å². The molecule has 0 radical (unpaired) electrons. The van der Waals surface area contributed by atoms with E-state index in [9.17, 15) is 28.3 Å². The van der Waals surface area contributed by atoms with Crippen molar-refractivity contribution in [3.63, 3.8) is 0 Å². The number of hydrogen-bond acceptors (Lipinski definition) is 4. The molecule has 0 saturated carbocycles. The number of pyridine rings is 1. The molecule has 0 aliphatic heterocycles. The maximum atomic E-state index is 12.9. The molecule has 0 aliphatic carbocycles. The normalized spacial score (nSPS) is 12.5. The van der Waals surface area contributed by atoms with Crippen LogP contribution in [0.4, 0.5) is 13.2 Å². The number of aliphatic carboxylic acids is 1. The molecule has 1 atom stereocenters. The van der Waals surface area contributed by atoms with Crippen molar-refractivity contribution in [3.05, 3.63) is 58.8 Å². The number of halogens is 3. The minimum Gasteiger partial charge on any atom is -0.480 e. The molecule has 0 aliphatic rings. The van der Waals surface area contributed by atoms with E-state index >= 15 is 0 Å². The largest absolute Gasteiger partial charge is 0.480 e. The smallest absolute Gasteiger partial charge is 0.433 e. The van der Waals surface area contributed by atoms with Crippen molar-refractivity contribution in [2.75, 3.05) is 0 Å². The summed E-state index contributed by atoms with van der Waals surface area (Å²) in [5, 5.41) is 17.2. The fourth-order valence-electron chi connectivity index (χ4n) is 2.01. The van der Waals surface area contributed by atoms with Crippen molar-refractivity contribution in [1.29, 1.82) is 5.26 Å². The molecule has 0 spiro atoms. The van der Waals surface area contributed by atoms with Crippen LogP contribution in [0.1, 0.15) is 27.6 Å². The molecule has 8 heteroatoms. The number of carboxylic acid groups (broad SMARTS) is 1. The second kappa shape index (κ2) is 6.93. The van der Waals surface area contributed by atoms with Gasteiger partial charge in [-0.1, -0.05) is 42.1 Å². The lowest BCUT2D eigenvalue weighted by Crippen LogP contribution is -2.12. The molecule has 2 rings (SSSR count). The number of alkyl halides is 3. The Kier molecular flexibility index (Phi) is 5.14. The average molecular weight is 352 g/mol. The Morgan fingerprint density at radius 2 is 1.96 bits per heavy atom. The van der Waals surface area contributed by atoms with Gasteiger partial charge in [0.2, 0.25) is 0 Å². The topological polar surface area (TPSA) is 74.0 Å². The van der Waals surface area contributed by atoms with E-state index in [1.54, 1.807) is 36.4 Å². The molecule has 1 aromatic heterocycles. The van der Waals surface area contributed by atoms with Crippen molar-refractivity contribution in [2.45, 2.75) is 23.4 Å². The molecule has 2 aromatic rings. The van der Waals surface area contributed by atoms with Gasteiger partial charge in [-0.05, 0) is 24.1 Å². The fourth-order valence-corrected chi connectivity index (χ4v) is 3.10. The lowest BCUT2D eigenvalue weighted by atomic mass is 10.1. The Hall–Kier alpha value is -2.53. The van der Waals surface area contributed by atoms with Crippen LogP contribution >= 0.6 is 11.8 Å². The van der Waals surface area contributed by atoms with Gasteiger partial charge in [-0.25, -0.2) is 4.98 Å². The molecule has 124 valence electrons. The summed E-state index contributed by atoms with van der Waals surface area (Å²) in [5.41, 5.74) is -0.718. The predicted molar refractivity (Wildman–Crippen MR) is 81.4 cm³/mol. The molecule has 0 bridgehead atoms. The van der Waals surface area contributed by atoms with Crippen LogP contribution in [-0.4, -0.2) is 16.1 Å². The van der Waals surface area contributed by atoms with Gasteiger partial charge < -0.3 is 5.11 Å². The molecule has 0 fully saturated rings. The zero-order chi connectivity index (χ0) is 17.9. The van der Waals surface area contributed by atoms with Gasteiger partial charge in [0.25, 0.3) is 0 Å². The Bertz CT molecular complexity index is 801. The number of nitriles is 1. The highest BCUT2D eigenvalue weighted by Crippen LogP contribution is 2.39. The van der Waals surface area contributed by atoms with Gasteiger partial charge in [0.1, 0.15) is 22.0 Å². The SMILES string of the molecule is Cc1cc(C(F)(F)F)nc(SC(C(=O)O)c2ccccc2)c1C#N. The van der Waals surface area contributed by atoms with E-state index in [4.69, 9.17) is 0 Å². The Morgan fingerprint density at radius 1 is 1.33 bits per heavy atom. The maximum Gasteiger partial charge on any atom is 0.433 e. The minimum absolute atomic E-state index is 0.0600. The van der Waals surface area contributed by atoms with Crippen LogP contribution in [0.25, 0.3) is 0 Å². The number of hydrogen-bond donors (Lipinski definition) is 1. The van der Waals surface area contributed by atoms with E-state index in [2.05, 4.69) is 4.98 Å². The first kappa shape index (κ1) is 17.8. The highest BCUT2D eigenvalue weighted by Gasteiger charge is 2.34. The number of carbonyl (C=O) groups is 1. The van der Waals surface area contributed by atoms with Crippen LogP contribution in [0.2, 0.25) is 0 Å². The molecule has 0 amide bonds. The highest BCUT2D eigenvalue weighted by atomic mass is 32.2. The van der Waals surface area contributed by atoms with Crippen molar-refractivity contribution in [2.24, 2.45) is 0 Å². The average Bonchev–Trinajstić information content (AvgIpc) is 2.51. The lowest BCUT2D eigenvalue weighted by molar-refractivity contribution is -0.141. The molecule has 1 unspecified atom stereocenters. The molecular formula is C16H11F3N2O2S. The van der Waals surface area contributed by atoms with Gasteiger partial charge in [0.05, 0.1) is 5.56 Å². The van der Waals surface area contributed by atoms with E-state index in [0.29, 0.717) is 17.3 Å². The summed E-state index contributed by atoms with van der Waals surface area (Å²) >= 11 is 0.612. The van der Waals surface area contributed by atoms with Gasteiger partial charge in [-0.2, -0.15) is 18.4 Å². The molecule has 24 heavy (non-hydrogen) atoms. The second-order valence-corrected chi connectivity index (χ2v) is 5.95. The molecule has 4 nitrogen and oxygen atoms in total. The zero-order valence-electron chi connectivity index (χ0n) is 12.3. The van der Waals surface area contributed by atoms with Gasteiger partial charge in [0, 0.05) is 0 Å². The number of aromatic nitrogens is 1. The minimum atomic E-state index is -4.68. The van der Waals surface area contributed by atoms with Crippen LogP contribution in [-0.2, 0) is 11.0 Å². The summed E-state index contributed by atoms with van der Waals surface area (Å²) in [5.74, 6) is -1.23. The molecule has 1 N–H and O–H groups in total. The predicted octanol–water partition coefficient (Wildman–Crippen LogP) is 4.20. The first-order valence-electron chi connectivity index (χ1n) is 6.67. The lowest BCUT2D eigenvalue weighted by Gasteiger charge is -2.15. The Morgan fingerprint density at radius 3 is 2.46 bits per heavy atom. The quantitative estimate of drug-likeness (QED) is 0.835. The van der Waals surface area contributed by atoms with Crippen LogP contribution in [0.3, 0.4) is 0 Å². The monoisotopic (exact) mass is 352 g/mol. The van der Waals surface area contributed by atoms with Crippen LogP contribution < -0.4 is 0 Å². The molecular weight excluding hydrogens is 341 g/mol. The summed E-state index contributed by atoms with van der Waals surface area (Å²) in [6.45, 7) is 1.36. The van der Waals surface area contributed by atoms with Gasteiger partial charge in [0.15, 0.2) is 0 Å². The van der Waals surface area contributed by atoms with Gasteiger partial charge >= 0.3 is 12.1 Å². The Balaban J connectivity index is 2.52. The number of aryl methyl sites for hydroxylation is 1. The van der Waals surface area contributed by atoms with E-state index in [-0.39, 0.29) is 16.2 Å². The Labute approximate surface area is 140 Å². The molecule has 0 saturated heterocycles. The third-order valence-electron chi connectivity index (χ3n) is 3.14. The summed E-state index contributed by atoms with van der Waals surface area (Å²) < 4.78 is 38.8. The first-order valence-corrected chi connectivity index (χ1v) is 7.55. The van der Waals surface area contributed by atoms with Crippen molar-refractivity contribution >= 4 is 17.7 Å². The standard InChI is InChI=1S/C16H11F3N2O2S/c1-9-7-12(16(17,18)19)21-14(11(9)8-20)24-13(15(22)23)10-5-3-2-4-6-10/h2-7,13H,1H3,(H,22,23). The summed E-state index contributed by atoms with van der Waals surface area (Å²) in [6, 6.07) is 10.6. The van der Waals surface area contributed by atoms with Crippen molar-refractivity contribution < 1.29 is 23.1 Å². The summed E-state index contributed by atoms with van der Waals surface area (Å²) in [6.07, 6.45) is -4.68. The van der Waals surface area contributed by atoms with E-state index in [1.165, 1.54) is 6.92 Å². The molecule has 1 aromatic carbocycles. The van der Waals surface area contributed by atoms with Crippen LogP contribution in [0.15, 0.2) is 41.4 Å². The molecule has 1 heterocycles. The summed E-state index contributed by atoms with van der Waals surface area (Å²) in [7, 11) is 0. The van der Waals surface area contributed by atoms with Crippen molar-refractivity contribution in [1.82, 2.24) is 4.98 Å². The van der Waals surface area contributed by atoms with Crippen LogP contribution in [0, 0.1) is 18.3 Å². The number of benzene rings is 1. The van der Waals surface area contributed by atoms with E-state index in [1.807, 2.05) is 0 Å². The highest BCUT2D eigenvalue weighted by molar-refractivity contribution is 8.00. The van der Waals surface area contributed by atoms with Crippen LogP contribution in [0.5, 0.6) is 0 Å². The first-order chi connectivity index (χ1) is 11.2. The number of rotatable bonds is 4. The van der Waals surface area contributed by atoms with Crippen molar-refractivity contribution in [3.8, 4) is 6.07 Å². The summed E-state index contributed by atoms with van der Waals surface area (Å²) in [4.78, 5) is 15.0.